The molecule has 0 amide bonds. The minimum Gasteiger partial charge on any atom is -0.834 e. The number of hydrogen-bond donors (Lipinski definition) is 0. The average molecular weight is 432 g/mol. The number of aromatic nitrogens is 2. The highest BCUT2D eigenvalue weighted by Gasteiger charge is 2.38. The fraction of sp³-hybridized carbons (Fsp3) is 0.346. The number of carbonyl (C=O) groups is 1. The van der Waals surface area contributed by atoms with Gasteiger partial charge < -0.3 is 14.3 Å². The summed E-state index contributed by atoms with van der Waals surface area (Å²) in [7, 11) is 2.17. The predicted octanol–water partition coefficient (Wildman–Crippen LogP) is 2.48. The van der Waals surface area contributed by atoms with Gasteiger partial charge in [-0.25, -0.2) is 9.97 Å². The summed E-state index contributed by atoms with van der Waals surface area (Å²) >= 11 is 0. The second kappa shape index (κ2) is 9.59. The molecule has 1 fully saturated rings. The van der Waals surface area contributed by atoms with Gasteiger partial charge in [-0.3, -0.25) is 4.79 Å². The lowest BCUT2D eigenvalue weighted by molar-refractivity contribution is -0.916. The van der Waals surface area contributed by atoms with Crippen LogP contribution in [0.25, 0.3) is 0 Å². The van der Waals surface area contributed by atoms with Crippen LogP contribution in [-0.2, 0) is 21.6 Å². The predicted molar refractivity (Wildman–Crippen MR) is 119 cm³/mol. The maximum atomic E-state index is 14.1. The normalized spacial score (nSPS) is 21.1. The van der Waals surface area contributed by atoms with Gasteiger partial charge in [0, 0.05) is 24.4 Å². The highest BCUT2D eigenvalue weighted by Crippen LogP contribution is 2.30. The largest absolute Gasteiger partial charge is 0.834 e. The van der Waals surface area contributed by atoms with Crippen LogP contribution in [0.1, 0.15) is 29.8 Å². The van der Waals surface area contributed by atoms with Crippen molar-refractivity contribution in [3.05, 3.63) is 96.1 Å². The molecule has 0 saturated carbocycles. The number of esters is 1. The van der Waals surface area contributed by atoms with Crippen molar-refractivity contribution in [2.24, 2.45) is 0 Å². The van der Waals surface area contributed by atoms with Crippen LogP contribution in [0.5, 0.6) is 0 Å². The summed E-state index contributed by atoms with van der Waals surface area (Å²) in [4.78, 5) is 22.0. The minimum atomic E-state index is -2.10. The Hall–Kier alpha value is -3.09. The first-order valence-corrected chi connectivity index (χ1v) is 11.1. The molecule has 0 aliphatic carbocycles. The SMILES string of the molecule is C[N@+]1(CCc2ncccn2)CCCC(OC(=O)C([O-])(c2ccccc2)c2ccccc2)C1. The summed E-state index contributed by atoms with van der Waals surface area (Å²) in [5.41, 5.74) is -1.31. The van der Waals surface area contributed by atoms with E-state index in [1.165, 1.54) is 0 Å². The molecule has 3 aromatic rings. The van der Waals surface area contributed by atoms with Crippen molar-refractivity contribution in [2.45, 2.75) is 31.0 Å². The number of piperidine rings is 1. The van der Waals surface area contributed by atoms with E-state index in [1.807, 2.05) is 18.2 Å². The van der Waals surface area contributed by atoms with Gasteiger partial charge in [-0.2, -0.15) is 0 Å². The number of likely N-dealkylation sites (tertiary alicyclic amines) is 1. The molecule has 6 nitrogen and oxygen atoms in total. The van der Waals surface area contributed by atoms with Crippen LogP contribution < -0.4 is 5.11 Å². The molecule has 32 heavy (non-hydrogen) atoms. The molecule has 4 rings (SSSR count). The van der Waals surface area contributed by atoms with Crippen molar-refractivity contribution in [2.75, 3.05) is 26.7 Å². The van der Waals surface area contributed by atoms with Crippen molar-refractivity contribution in [1.29, 1.82) is 0 Å². The van der Waals surface area contributed by atoms with E-state index < -0.39 is 11.6 Å². The molecule has 1 aliphatic rings. The fourth-order valence-electron chi connectivity index (χ4n) is 4.49. The molecule has 6 heteroatoms. The first-order valence-electron chi connectivity index (χ1n) is 11.1. The van der Waals surface area contributed by atoms with Crippen LogP contribution in [0.4, 0.5) is 0 Å². The molecule has 1 unspecified atom stereocenters. The van der Waals surface area contributed by atoms with E-state index >= 15 is 0 Å². The lowest BCUT2D eigenvalue weighted by Gasteiger charge is -2.44. The molecule has 0 bridgehead atoms. The zero-order valence-electron chi connectivity index (χ0n) is 18.4. The van der Waals surface area contributed by atoms with Gasteiger partial charge >= 0.3 is 5.97 Å². The Kier molecular flexibility index (Phi) is 6.63. The minimum absolute atomic E-state index is 0.293. The molecule has 0 N–H and O–H groups in total. The second-order valence-electron chi connectivity index (χ2n) is 8.75. The van der Waals surface area contributed by atoms with Gasteiger partial charge in [-0.1, -0.05) is 60.7 Å². The molecule has 0 spiro atoms. The zero-order chi connectivity index (χ0) is 22.4. The first kappa shape index (κ1) is 22.1. The molecule has 2 atom stereocenters. The highest BCUT2D eigenvalue weighted by molar-refractivity contribution is 5.85. The summed E-state index contributed by atoms with van der Waals surface area (Å²) in [6, 6.07) is 19.4. The molecule has 2 heterocycles. The van der Waals surface area contributed by atoms with E-state index in [-0.39, 0.29) is 6.10 Å². The molecule has 2 aromatic carbocycles. The Morgan fingerprint density at radius 3 is 2.22 bits per heavy atom. The van der Waals surface area contributed by atoms with Crippen LogP contribution in [-0.4, -0.2) is 53.2 Å². The van der Waals surface area contributed by atoms with Gasteiger partial charge in [0.05, 0.1) is 26.6 Å². The third-order valence-corrected chi connectivity index (χ3v) is 6.28. The summed E-state index contributed by atoms with van der Waals surface area (Å²) < 4.78 is 6.68. The number of quaternary nitrogens is 1. The summed E-state index contributed by atoms with van der Waals surface area (Å²) in [6.07, 6.45) is 5.68. The Bertz CT molecular complexity index is 975. The topological polar surface area (TPSA) is 75.1 Å². The fourth-order valence-corrected chi connectivity index (χ4v) is 4.49. The Labute approximate surface area is 189 Å². The maximum absolute atomic E-state index is 14.1. The lowest BCUT2D eigenvalue weighted by Crippen LogP contribution is -2.57. The summed E-state index contributed by atoms with van der Waals surface area (Å²) in [5.74, 6) is 0.0810. The van der Waals surface area contributed by atoms with E-state index in [1.54, 1.807) is 60.9 Å². The van der Waals surface area contributed by atoms with E-state index in [9.17, 15) is 9.90 Å². The number of benzene rings is 2. The molecule has 1 aliphatic heterocycles. The molecule has 1 aromatic heterocycles. The van der Waals surface area contributed by atoms with Crippen molar-refractivity contribution in [1.82, 2.24) is 9.97 Å². The van der Waals surface area contributed by atoms with E-state index in [2.05, 4.69) is 17.0 Å². The third-order valence-electron chi connectivity index (χ3n) is 6.28. The van der Waals surface area contributed by atoms with Crippen molar-refractivity contribution in [3.63, 3.8) is 0 Å². The molecular weight excluding hydrogens is 402 g/mol. The van der Waals surface area contributed by atoms with Gasteiger partial charge in [0.1, 0.15) is 12.4 Å². The van der Waals surface area contributed by atoms with E-state index in [0.717, 1.165) is 42.7 Å². The quantitative estimate of drug-likeness (QED) is 0.424. The van der Waals surface area contributed by atoms with Crippen LogP contribution in [0.2, 0.25) is 0 Å². The number of carbonyl (C=O) groups excluding carboxylic acids is 1. The highest BCUT2D eigenvalue weighted by atomic mass is 16.6. The van der Waals surface area contributed by atoms with Crippen LogP contribution in [0.3, 0.4) is 0 Å². The third kappa shape index (κ3) is 4.87. The Balaban J connectivity index is 1.49. The molecule has 0 radical (unpaired) electrons. The smallest absolute Gasteiger partial charge is 0.304 e. The van der Waals surface area contributed by atoms with Crippen LogP contribution in [0.15, 0.2) is 79.1 Å². The maximum Gasteiger partial charge on any atom is 0.304 e. The molecular formula is C26H29N3O3. The Morgan fingerprint density at radius 1 is 1.03 bits per heavy atom. The van der Waals surface area contributed by atoms with Crippen LogP contribution in [0, 0.1) is 0 Å². The number of ether oxygens (including phenoxy) is 1. The monoisotopic (exact) mass is 431 g/mol. The number of likely N-dealkylation sites (N-methyl/N-ethyl adjacent to an activating group) is 1. The summed E-state index contributed by atoms with van der Waals surface area (Å²) in [6.45, 7) is 2.54. The number of hydrogen-bond acceptors (Lipinski definition) is 5. The van der Waals surface area contributed by atoms with Gasteiger partial charge in [0.25, 0.3) is 0 Å². The second-order valence-corrected chi connectivity index (χ2v) is 8.75. The average Bonchev–Trinajstić information content (AvgIpc) is 2.84. The lowest BCUT2D eigenvalue weighted by atomic mass is 9.86. The van der Waals surface area contributed by atoms with E-state index in [4.69, 9.17) is 4.74 Å². The van der Waals surface area contributed by atoms with Gasteiger partial charge in [-0.05, 0) is 23.6 Å². The van der Waals surface area contributed by atoms with Gasteiger partial charge in [0.15, 0.2) is 6.10 Å². The standard InChI is InChI=1S/C26H29N3O3/c1-29(19-15-24-27-16-9-17-28-24)18-8-14-23(20-29)32-25(30)26(31,21-10-4-2-5-11-21)22-12-6-3-7-13-22/h2-7,9-13,16-17,23H,8,14-15,18-20H2,1H3/t23?,29-/m1/s1. The first-order chi connectivity index (χ1) is 15.5. The van der Waals surface area contributed by atoms with Gasteiger partial charge in [-0.15, -0.1) is 0 Å². The van der Waals surface area contributed by atoms with Crippen molar-refractivity contribution >= 4 is 5.97 Å². The van der Waals surface area contributed by atoms with E-state index in [0.29, 0.717) is 17.7 Å². The van der Waals surface area contributed by atoms with Crippen molar-refractivity contribution < 1.29 is 19.1 Å². The van der Waals surface area contributed by atoms with Crippen molar-refractivity contribution in [3.8, 4) is 0 Å². The van der Waals surface area contributed by atoms with Crippen LogP contribution >= 0.6 is 0 Å². The Morgan fingerprint density at radius 2 is 1.62 bits per heavy atom. The number of rotatable bonds is 7. The number of nitrogens with zero attached hydrogens (tertiary/aromatic N) is 3. The molecule has 166 valence electrons. The zero-order valence-corrected chi connectivity index (χ0v) is 18.4. The molecule has 1 saturated heterocycles. The van der Waals surface area contributed by atoms with Gasteiger partial charge in [0.2, 0.25) is 0 Å². The summed E-state index contributed by atoms with van der Waals surface area (Å²) in [5, 5.41) is 14.1.